The number of nitrogens with zero attached hydrogens (tertiary/aromatic N) is 1. The van der Waals surface area contributed by atoms with E-state index in [0.29, 0.717) is 4.47 Å². The normalized spacial score (nSPS) is 21.0. The second kappa shape index (κ2) is 5.94. The molecule has 1 aromatic carbocycles. The van der Waals surface area contributed by atoms with Crippen molar-refractivity contribution >= 4 is 15.9 Å². The Kier molecular flexibility index (Phi) is 4.54. The van der Waals surface area contributed by atoms with Crippen molar-refractivity contribution in [3.8, 4) is 0 Å². The van der Waals surface area contributed by atoms with Crippen LogP contribution >= 0.6 is 15.9 Å². The van der Waals surface area contributed by atoms with Crippen molar-refractivity contribution in [2.24, 2.45) is 5.92 Å². The molecule has 1 aliphatic rings. The molecule has 0 spiro atoms. The Bertz CT molecular complexity index is 384. The van der Waals surface area contributed by atoms with E-state index in [-0.39, 0.29) is 5.82 Å². The van der Waals surface area contributed by atoms with Crippen molar-refractivity contribution in [3.05, 3.63) is 34.1 Å². The van der Waals surface area contributed by atoms with Gasteiger partial charge in [-0.05, 0) is 66.1 Å². The summed E-state index contributed by atoms with van der Waals surface area (Å²) in [5, 5.41) is 3.23. The summed E-state index contributed by atoms with van der Waals surface area (Å²) in [6.07, 6.45) is 1.25. The molecule has 0 saturated carbocycles. The molecule has 2 rings (SSSR count). The van der Waals surface area contributed by atoms with Gasteiger partial charge in [-0.3, -0.25) is 4.90 Å². The molecular weight excluding hydrogens is 283 g/mol. The Hall–Kier alpha value is -0.450. The topological polar surface area (TPSA) is 15.3 Å². The van der Waals surface area contributed by atoms with Gasteiger partial charge in [-0.25, -0.2) is 4.39 Å². The zero-order chi connectivity index (χ0) is 12.3. The molecule has 17 heavy (non-hydrogen) atoms. The molecular formula is C13H18BrFN2. The van der Waals surface area contributed by atoms with E-state index in [1.54, 1.807) is 0 Å². The summed E-state index contributed by atoms with van der Waals surface area (Å²) < 4.78 is 13.7. The maximum Gasteiger partial charge on any atom is 0.137 e. The molecule has 1 fully saturated rings. The number of hydrogen-bond acceptors (Lipinski definition) is 2. The van der Waals surface area contributed by atoms with Crippen LogP contribution in [0.25, 0.3) is 0 Å². The molecule has 4 heteroatoms. The number of benzene rings is 1. The number of hydrogen-bond donors (Lipinski definition) is 1. The summed E-state index contributed by atoms with van der Waals surface area (Å²) in [5.41, 5.74) is 1.17. The molecule has 1 saturated heterocycles. The number of likely N-dealkylation sites (tertiary alicyclic amines) is 1. The fraction of sp³-hybridized carbons (Fsp3) is 0.538. The van der Waals surface area contributed by atoms with Crippen LogP contribution in [0.3, 0.4) is 0 Å². The van der Waals surface area contributed by atoms with Crippen LogP contribution in [0.4, 0.5) is 4.39 Å². The van der Waals surface area contributed by atoms with Crippen LogP contribution in [0.5, 0.6) is 0 Å². The molecule has 1 aromatic rings. The first-order valence-corrected chi connectivity index (χ1v) is 6.79. The molecule has 0 bridgehead atoms. The van der Waals surface area contributed by atoms with Crippen LogP contribution in [-0.4, -0.2) is 31.6 Å². The molecule has 0 aliphatic carbocycles. The third-order valence-corrected chi connectivity index (χ3v) is 3.86. The van der Waals surface area contributed by atoms with Gasteiger partial charge in [0.2, 0.25) is 0 Å². The second-order valence-corrected chi connectivity index (χ2v) is 5.55. The molecule has 0 radical (unpaired) electrons. The second-order valence-electron chi connectivity index (χ2n) is 4.70. The van der Waals surface area contributed by atoms with Gasteiger partial charge in [0.15, 0.2) is 0 Å². The lowest BCUT2D eigenvalue weighted by Gasteiger charge is -2.16. The highest BCUT2D eigenvalue weighted by Gasteiger charge is 2.21. The Morgan fingerprint density at radius 2 is 2.35 bits per heavy atom. The zero-order valence-electron chi connectivity index (χ0n) is 10.0. The zero-order valence-corrected chi connectivity index (χ0v) is 11.6. The minimum Gasteiger partial charge on any atom is -0.319 e. The lowest BCUT2D eigenvalue weighted by atomic mass is 10.1. The van der Waals surface area contributed by atoms with E-state index in [0.717, 1.165) is 32.1 Å². The summed E-state index contributed by atoms with van der Waals surface area (Å²) >= 11 is 3.23. The van der Waals surface area contributed by atoms with Gasteiger partial charge in [0.1, 0.15) is 5.82 Å². The highest BCUT2D eigenvalue weighted by atomic mass is 79.9. The molecule has 0 amide bonds. The first-order valence-electron chi connectivity index (χ1n) is 6.00. The van der Waals surface area contributed by atoms with Crippen LogP contribution in [0.1, 0.15) is 12.0 Å². The first-order chi connectivity index (χ1) is 8.19. The maximum atomic E-state index is 13.1. The van der Waals surface area contributed by atoms with Gasteiger partial charge in [0, 0.05) is 13.1 Å². The Morgan fingerprint density at radius 3 is 3.06 bits per heavy atom. The average molecular weight is 301 g/mol. The molecule has 1 heterocycles. The monoisotopic (exact) mass is 300 g/mol. The van der Waals surface area contributed by atoms with E-state index < -0.39 is 0 Å². The third-order valence-electron chi connectivity index (χ3n) is 3.25. The fourth-order valence-corrected chi connectivity index (χ4v) is 2.83. The highest BCUT2D eigenvalue weighted by molar-refractivity contribution is 9.10. The standard InChI is InChI=1S/C13H18BrFN2/c1-16-7-11-4-5-17(9-11)8-10-2-3-13(15)12(14)6-10/h2-3,6,11,16H,4-5,7-9H2,1H3. The van der Waals surface area contributed by atoms with Gasteiger partial charge in [0.05, 0.1) is 4.47 Å². The van der Waals surface area contributed by atoms with Gasteiger partial charge in [-0.15, -0.1) is 0 Å². The van der Waals surface area contributed by atoms with Crippen molar-refractivity contribution < 1.29 is 4.39 Å². The molecule has 1 N–H and O–H groups in total. The van der Waals surface area contributed by atoms with Crippen LogP contribution in [-0.2, 0) is 6.54 Å². The summed E-state index contributed by atoms with van der Waals surface area (Å²) in [6, 6.07) is 5.27. The minimum absolute atomic E-state index is 0.191. The van der Waals surface area contributed by atoms with Crippen molar-refractivity contribution in [2.45, 2.75) is 13.0 Å². The SMILES string of the molecule is CNCC1CCN(Cc2ccc(F)c(Br)c2)C1. The van der Waals surface area contributed by atoms with E-state index in [1.807, 2.05) is 19.2 Å². The van der Waals surface area contributed by atoms with Gasteiger partial charge in [0.25, 0.3) is 0 Å². The van der Waals surface area contributed by atoms with Gasteiger partial charge in [-0.2, -0.15) is 0 Å². The number of nitrogens with one attached hydrogen (secondary N) is 1. The van der Waals surface area contributed by atoms with Crippen LogP contribution < -0.4 is 5.32 Å². The third kappa shape index (κ3) is 3.50. The van der Waals surface area contributed by atoms with E-state index in [4.69, 9.17) is 0 Å². The number of halogens is 2. The highest BCUT2D eigenvalue weighted by Crippen LogP contribution is 2.21. The van der Waals surface area contributed by atoms with Crippen molar-refractivity contribution in [2.75, 3.05) is 26.7 Å². The number of rotatable bonds is 4. The van der Waals surface area contributed by atoms with Crippen molar-refractivity contribution in [1.29, 1.82) is 0 Å². The smallest absolute Gasteiger partial charge is 0.137 e. The Morgan fingerprint density at radius 1 is 1.53 bits per heavy atom. The quantitative estimate of drug-likeness (QED) is 0.920. The molecule has 1 atom stereocenters. The van der Waals surface area contributed by atoms with Gasteiger partial charge < -0.3 is 5.32 Å². The fourth-order valence-electron chi connectivity index (χ4n) is 2.41. The van der Waals surface area contributed by atoms with Crippen LogP contribution in [0.15, 0.2) is 22.7 Å². The molecule has 2 nitrogen and oxygen atoms in total. The average Bonchev–Trinajstić information content (AvgIpc) is 2.72. The lowest BCUT2D eigenvalue weighted by Crippen LogP contribution is -2.24. The predicted octanol–water partition coefficient (Wildman–Crippen LogP) is 2.63. The van der Waals surface area contributed by atoms with E-state index in [2.05, 4.69) is 26.1 Å². The van der Waals surface area contributed by atoms with E-state index in [9.17, 15) is 4.39 Å². The summed E-state index contributed by atoms with van der Waals surface area (Å²) in [5.74, 6) is 0.562. The van der Waals surface area contributed by atoms with Crippen molar-refractivity contribution in [1.82, 2.24) is 10.2 Å². The van der Waals surface area contributed by atoms with Crippen molar-refractivity contribution in [3.63, 3.8) is 0 Å². The van der Waals surface area contributed by atoms with Crippen LogP contribution in [0, 0.1) is 11.7 Å². The van der Waals surface area contributed by atoms with Gasteiger partial charge >= 0.3 is 0 Å². The summed E-state index contributed by atoms with van der Waals surface area (Å²) in [4.78, 5) is 2.43. The summed E-state index contributed by atoms with van der Waals surface area (Å²) in [6.45, 7) is 4.28. The Labute approximate surface area is 110 Å². The molecule has 0 aromatic heterocycles. The summed E-state index contributed by atoms with van der Waals surface area (Å²) in [7, 11) is 2.00. The molecule has 94 valence electrons. The first kappa shape index (κ1) is 13.0. The van der Waals surface area contributed by atoms with E-state index in [1.165, 1.54) is 18.1 Å². The Balaban J connectivity index is 1.91. The van der Waals surface area contributed by atoms with Crippen LogP contribution in [0.2, 0.25) is 0 Å². The maximum absolute atomic E-state index is 13.1. The van der Waals surface area contributed by atoms with Gasteiger partial charge in [-0.1, -0.05) is 6.07 Å². The van der Waals surface area contributed by atoms with E-state index >= 15 is 0 Å². The minimum atomic E-state index is -0.191. The largest absolute Gasteiger partial charge is 0.319 e. The lowest BCUT2D eigenvalue weighted by molar-refractivity contribution is 0.315. The molecule has 1 unspecified atom stereocenters. The molecule has 1 aliphatic heterocycles. The predicted molar refractivity (Wildman–Crippen MR) is 71.4 cm³/mol.